The van der Waals surface area contributed by atoms with Crippen molar-refractivity contribution in [2.45, 2.75) is 31.5 Å². The lowest BCUT2D eigenvalue weighted by Gasteiger charge is -2.25. The number of hydrogen-bond acceptors (Lipinski definition) is 8. The Labute approximate surface area is 229 Å². The first kappa shape index (κ1) is 25.4. The number of imide groups is 1. The normalized spacial score (nSPS) is 21.7. The summed E-state index contributed by atoms with van der Waals surface area (Å²) in [6.45, 7) is 1.68. The van der Waals surface area contributed by atoms with Crippen LogP contribution in [0.1, 0.15) is 29.2 Å². The monoisotopic (exact) mass is 540 g/mol. The molecule has 0 spiro atoms. The van der Waals surface area contributed by atoms with Crippen molar-refractivity contribution in [2.24, 2.45) is 15.4 Å². The van der Waals surface area contributed by atoms with Crippen molar-refractivity contribution in [1.29, 1.82) is 0 Å². The number of rotatable bonds is 6. The number of fused-ring (bicyclic) bond motifs is 1. The number of aryl methyl sites for hydroxylation is 1. The largest absolute Gasteiger partial charge is 0.497 e. The second-order valence-corrected chi connectivity index (χ2v) is 9.83. The maximum atomic E-state index is 13.8. The average Bonchev–Trinajstić information content (AvgIpc) is 3.64. The molecular formula is C29H25FN6O4. The molecule has 202 valence electrons. The number of hydrogen-bond donors (Lipinski definition) is 0. The zero-order chi connectivity index (χ0) is 28.0. The molecule has 1 saturated heterocycles. The summed E-state index contributed by atoms with van der Waals surface area (Å²) in [4.78, 5) is 40.9. The zero-order valence-corrected chi connectivity index (χ0v) is 21.8. The fraction of sp³-hybridized carbons (Fsp3) is 0.241. The van der Waals surface area contributed by atoms with Gasteiger partial charge in [0.05, 0.1) is 24.6 Å². The number of carbonyl (C=O) groups is 3. The summed E-state index contributed by atoms with van der Waals surface area (Å²) >= 11 is 0. The summed E-state index contributed by atoms with van der Waals surface area (Å²) in [6, 6.07) is 18.0. The molecule has 3 aromatic rings. The molecule has 3 aliphatic rings. The summed E-state index contributed by atoms with van der Waals surface area (Å²) in [6.07, 6.45) is 0.486. The lowest BCUT2D eigenvalue weighted by Crippen LogP contribution is -2.44. The van der Waals surface area contributed by atoms with Gasteiger partial charge in [-0.05, 0) is 48.4 Å². The fourth-order valence-electron chi connectivity index (χ4n) is 5.18. The van der Waals surface area contributed by atoms with E-state index in [9.17, 15) is 18.8 Å². The van der Waals surface area contributed by atoms with Crippen molar-refractivity contribution in [1.82, 2.24) is 10.0 Å². The Kier molecular flexibility index (Phi) is 6.33. The number of halogens is 1. The highest BCUT2D eigenvalue weighted by molar-refractivity contribution is 6.25. The van der Waals surface area contributed by atoms with Crippen LogP contribution in [0.2, 0.25) is 0 Å². The van der Waals surface area contributed by atoms with Gasteiger partial charge in [-0.25, -0.2) is 14.3 Å². The van der Waals surface area contributed by atoms with Crippen LogP contribution in [0.15, 0.2) is 88.2 Å². The van der Waals surface area contributed by atoms with E-state index in [1.165, 1.54) is 28.2 Å². The molecular weight excluding hydrogens is 515 g/mol. The van der Waals surface area contributed by atoms with Crippen molar-refractivity contribution >= 4 is 29.1 Å². The van der Waals surface area contributed by atoms with E-state index in [-0.39, 0.29) is 12.2 Å². The van der Waals surface area contributed by atoms with Crippen LogP contribution in [-0.2, 0) is 14.4 Å². The van der Waals surface area contributed by atoms with Gasteiger partial charge < -0.3 is 4.74 Å². The Hall–Kier alpha value is -4.93. The standard InChI is InChI=1S/C29H25FN6O4/c1-17-6-8-18(9-7-17)23-15-24(19-10-12-22(40-2)13-11-19)36(32-23)25(37)16-34-27-26(31-33-34)28(38)35(29(27)39)21-5-3-4-20(30)14-21/h3-14,24,26-27H,15-16H2,1-2H3/t24-,26+,27-/m0/s1. The summed E-state index contributed by atoms with van der Waals surface area (Å²) < 4.78 is 19.1. The maximum absolute atomic E-state index is 13.8. The van der Waals surface area contributed by atoms with E-state index in [0.29, 0.717) is 12.2 Å². The molecule has 3 atom stereocenters. The zero-order valence-electron chi connectivity index (χ0n) is 21.8. The molecule has 3 aromatic carbocycles. The Balaban J connectivity index is 1.26. The highest BCUT2D eigenvalue weighted by Crippen LogP contribution is 2.36. The molecule has 3 amide bonds. The summed E-state index contributed by atoms with van der Waals surface area (Å²) in [5, 5.41) is 15.3. The van der Waals surface area contributed by atoms with Crippen molar-refractivity contribution in [3.63, 3.8) is 0 Å². The van der Waals surface area contributed by atoms with Crippen molar-refractivity contribution in [3.05, 3.63) is 95.3 Å². The van der Waals surface area contributed by atoms with Crippen LogP contribution < -0.4 is 9.64 Å². The average molecular weight is 541 g/mol. The maximum Gasteiger partial charge on any atom is 0.264 e. The summed E-state index contributed by atoms with van der Waals surface area (Å²) in [5.41, 5.74) is 3.74. The number of benzene rings is 3. The van der Waals surface area contributed by atoms with Gasteiger partial charge in [0.1, 0.15) is 18.1 Å². The Bertz CT molecular complexity index is 1560. The van der Waals surface area contributed by atoms with Crippen LogP contribution >= 0.6 is 0 Å². The van der Waals surface area contributed by atoms with Gasteiger partial charge in [0, 0.05) is 6.42 Å². The topological polar surface area (TPSA) is 107 Å². The smallest absolute Gasteiger partial charge is 0.264 e. The molecule has 0 aromatic heterocycles. The first-order chi connectivity index (χ1) is 19.3. The minimum Gasteiger partial charge on any atom is -0.497 e. The van der Waals surface area contributed by atoms with Gasteiger partial charge in [-0.15, -0.1) is 0 Å². The van der Waals surface area contributed by atoms with Gasteiger partial charge in [0.2, 0.25) is 0 Å². The number of methoxy groups -OCH3 is 1. The lowest BCUT2D eigenvalue weighted by molar-refractivity contribution is -0.135. The number of hydrazone groups is 1. The predicted molar refractivity (Wildman–Crippen MR) is 143 cm³/mol. The van der Waals surface area contributed by atoms with Crippen LogP contribution in [0.3, 0.4) is 0 Å². The molecule has 0 bridgehead atoms. The van der Waals surface area contributed by atoms with Crippen LogP contribution in [0, 0.1) is 12.7 Å². The number of ether oxygens (including phenoxy) is 1. The molecule has 3 aliphatic heterocycles. The van der Waals surface area contributed by atoms with Crippen LogP contribution in [0.25, 0.3) is 0 Å². The van der Waals surface area contributed by atoms with Gasteiger partial charge in [-0.2, -0.15) is 10.2 Å². The molecule has 1 fully saturated rings. The molecule has 40 heavy (non-hydrogen) atoms. The first-order valence-corrected chi connectivity index (χ1v) is 12.8. The molecule has 10 nitrogen and oxygen atoms in total. The third kappa shape index (κ3) is 4.39. The fourth-order valence-corrected chi connectivity index (χ4v) is 5.18. The van der Waals surface area contributed by atoms with Crippen molar-refractivity contribution in [3.8, 4) is 5.75 Å². The highest BCUT2D eigenvalue weighted by atomic mass is 19.1. The van der Waals surface area contributed by atoms with E-state index in [4.69, 9.17) is 4.74 Å². The molecule has 0 N–H and O–H groups in total. The Morgan fingerprint density at radius 1 is 1.02 bits per heavy atom. The number of nitrogens with zero attached hydrogens (tertiary/aromatic N) is 6. The highest BCUT2D eigenvalue weighted by Gasteiger charge is 2.55. The molecule has 6 rings (SSSR count). The van der Waals surface area contributed by atoms with E-state index in [0.717, 1.165) is 33.4 Å². The minimum absolute atomic E-state index is 0.109. The van der Waals surface area contributed by atoms with Crippen molar-refractivity contribution in [2.75, 3.05) is 18.6 Å². The quantitative estimate of drug-likeness (QED) is 0.442. The number of amides is 3. The third-order valence-corrected chi connectivity index (χ3v) is 7.27. The Morgan fingerprint density at radius 3 is 2.48 bits per heavy atom. The second-order valence-electron chi connectivity index (χ2n) is 9.83. The molecule has 0 saturated carbocycles. The van der Waals surface area contributed by atoms with Gasteiger partial charge in [-0.3, -0.25) is 19.4 Å². The predicted octanol–water partition coefficient (Wildman–Crippen LogP) is 3.81. The van der Waals surface area contributed by atoms with E-state index in [1.54, 1.807) is 7.11 Å². The Morgan fingerprint density at radius 2 is 1.77 bits per heavy atom. The number of anilines is 1. The molecule has 0 aliphatic carbocycles. The lowest BCUT2D eigenvalue weighted by atomic mass is 9.98. The van der Waals surface area contributed by atoms with Gasteiger partial charge >= 0.3 is 0 Å². The van der Waals surface area contributed by atoms with E-state index in [2.05, 4.69) is 15.4 Å². The molecule has 0 radical (unpaired) electrons. The summed E-state index contributed by atoms with van der Waals surface area (Å²) in [7, 11) is 1.58. The van der Waals surface area contributed by atoms with Crippen LogP contribution in [-0.4, -0.2) is 59.2 Å². The second kappa shape index (κ2) is 9.99. The van der Waals surface area contributed by atoms with Gasteiger partial charge in [0.25, 0.3) is 17.7 Å². The molecule has 3 heterocycles. The summed E-state index contributed by atoms with van der Waals surface area (Å²) in [5.74, 6) is -1.53. The van der Waals surface area contributed by atoms with Crippen LogP contribution in [0.5, 0.6) is 5.75 Å². The van der Waals surface area contributed by atoms with E-state index in [1.807, 2.05) is 55.5 Å². The van der Waals surface area contributed by atoms with E-state index >= 15 is 0 Å². The van der Waals surface area contributed by atoms with Gasteiger partial charge in [-0.1, -0.05) is 53.3 Å². The van der Waals surface area contributed by atoms with Crippen molar-refractivity contribution < 1.29 is 23.5 Å². The number of carbonyl (C=O) groups excluding carboxylic acids is 3. The third-order valence-electron chi connectivity index (χ3n) is 7.27. The minimum atomic E-state index is -1.11. The van der Waals surface area contributed by atoms with E-state index < -0.39 is 41.7 Å². The van der Waals surface area contributed by atoms with Crippen LogP contribution in [0.4, 0.5) is 10.1 Å². The SMILES string of the molecule is COc1ccc([C@@H]2CC(c3ccc(C)cc3)=NN2C(=O)CN2N=N[C@H]3C(=O)N(c4cccc(F)c4)C(=O)[C@H]32)cc1. The first-order valence-electron chi connectivity index (χ1n) is 12.8. The van der Waals surface area contributed by atoms with Gasteiger partial charge in [0.15, 0.2) is 12.1 Å². The molecule has 11 heteroatoms. The molecule has 0 unspecified atom stereocenters.